The molecule has 0 bridgehead atoms. The van der Waals surface area contributed by atoms with E-state index < -0.39 is 0 Å². The summed E-state index contributed by atoms with van der Waals surface area (Å²) in [5.74, 6) is -0.180. The van der Waals surface area contributed by atoms with Gasteiger partial charge in [0, 0.05) is 22.6 Å². The van der Waals surface area contributed by atoms with Crippen LogP contribution in [0.1, 0.15) is 32.1 Å². The van der Waals surface area contributed by atoms with E-state index in [0.29, 0.717) is 22.1 Å². The van der Waals surface area contributed by atoms with Crippen LogP contribution in [0.25, 0.3) is 10.2 Å². The molecule has 124 valence electrons. The highest BCUT2D eigenvalue weighted by Gasteiger charge is 2.20. The van der Waals surface area contributed by atoms with Crippen molar-refractivity contribution in [3.05, 3.63) is 56.5 Å². The van der Waals surface area contributed by atoms with E-state index in [0.717, 1.165) is 32.6 Å². The maximum Gasteiger partial charge on any atom is 0.263 e. The van der Waals surface area contributed by atoms with E-state index in [2.05, 4.69) is 10.3 Å². The Morgan fingerprint density at radius 1 is 1.21 bits per heavy atom. The van der Waals surface area contributed by atoms with Crippen LogP contribution < -0.4 is 11.1 Å². The first kappa shape index (κ1) is 16.7. The van der Waals surface area contributed by atoms with Gasteiger partial charge in [0.1, 0.15) is 9.71 Å². The van der Waals surface area contributed by atoms with Gasteiger partial charge in [0.2, 0.25) is 0 Å². The lowest BCUT2D eigenvalue weighted by atomic mass is 10.1. The monoisotopic (exact) mass is 359 g/mol. The number of nitrogens with two attached hydrogens (primary N) is 1. The minimum absolute atomic E-state index is 0.180. The number of carbonyl (C=O) groups excluding carboxylic acids is 1. The highest BCUT2D eigenvalue weighted by atomic mass is 35.5. The fraction of sp³-hybridized carbons (Fsp3) is 0.222. The van der Waals surface area contributed by atoms with Gasteiger partial charge in [-0.1, -0.05) is 23.7 Å². The number of halogens is 1. The Kier molecular flexibility index (Phi) is 4.47. The van der Waals surface area contributed by atoms with Crippen molar-refractivity contribution in [2.24, 2.45) is 0 Å². The minimum Gasteiger partial charge on any atom is -0.397 e. The third-order valence-corrected chi connectivity index (χ3v) is 5.60. The molecule has 4 nitrogen and oxygen atoms in total. The van der Waals surface area contributed by atoms with E-state index >= 15 is 0 Å². The van der Waals surface area contributed by atoms with Gasteiger partial charge in [-0.05, 0) is 49.6 Å². The summed E-state index contributed by atoms with van der Waals surface area (Å²) < 4.78 is 0. The number of fused-ring (bicyclic) bond motifs is 1. The molecule has 2 aromatic heterocycles. The van der Waals surface area contributed by atoms with Gasteiger partial charge in [-0.25, -0.2) is 4.98 Å². The number of nitrogen functional groups attached to an aromatic ring is 1. The van der Waals surface area contributed by atoms with E-state index in [1.807, 2.05) is 32.9 Å². The number of thiophene rings is 1. The topological polar surface area (TPSA) is 68.0 Å². The molecule has 0 atom stereocenters. The Morgan fingerprint density at radius 2 is 1.88 bits per heavy atom. The minimum atomic E-state index is -0.180. The standard InChI is InChI=1S/C18H18ClN3OS/c1-9-10(2)14-15(20)16(24-18(14)22-11(9)3)17(23)21-8-12-4-6-13(19)7-5-12/h4-7H,8,20H2,1-3H3,(H,21,23). The van der Waals surface area contributed by atoms with E-state index in [4.69, 9.17) is 17.3 Å². The molecule has 0 saturated carbocycles. The molecule has 2 heterocycles. The second kappa shape index (κ2) is 6.42. The Bertz CT molecular complexity index is 932. The Hall–Kier alpha value is -2.11. The zero-order valence-electron chi connectivity index (χ0n) is 13.7. The molecule has 1 amide bonds. The first-order chi connectivity index (χ1) is 11.4. The highest BCUT2D eigenvalue weighted by Crippen LogP contribution is 2.36. The summed E-state index contributed by atoms with van der Waals surface area (Å²) in [6.45, 7) is 6.44. The van der Waals surface area contributed by atoms with Gasteiger partial charge >= 0.3 is 0 Å². The van der Waals surface area contributed by atoms with Crippen LogP contribution in [0.2, 0.25) is 5.02 Å². The Balaban J connectivity index is 1.88. The van der Waals surface area contributed by atoms with Crippen LogP contribution in [0.4, 0.5) is 5.69 Å². The maximum absolute atomic E-state index is 12.5. The number of aryl methyl sites for hydroxylation is 2. The predicted molar refractivity (Wildman–Crippen MR) is 101 cm³/mol. The van der Waals surface area contributed by atoms with Gasteiger partial charge in [-0.3, -0.25) is 4.79 Å². The summed E-state index contributed by atoms with van der Waals surface area (Å²) in [5, 5.41) is 4.47. The second-order valence-corrected chi connectivity index (χ2v) is 7.22. The molecule has 3 rings (SSSR count). The third-order valence-electron chi connectivity index (χ3n) is 4.25. The van der Waals surface area contributed by atoms with Gasteiger partial charge in [0.15, 0.2) is 0 Å². The first-order valence-corrected chi connectivity index (χ1v) is 8.76. The number of hydrogen-bond donors (Lipinski definition) is 2. The molecule has 0 aliphatic heterocycles. The van der Waals surface area contributed by atoms with Crippen molar-refractivity contribution in [2.45, 2.75) is 27.3 Å². The maximum atomic E-state index is 12.5. The van der Waals surface area contributed by atoms with E-state index in [1.165, 1.54) is 11.3 Å². The molecule has 0 unspecified atom stereocenters. The quantitative estimate of drug-likeness (QED) is 0.728. The predicted octanol–water partition coefficient (Wildman–Crippen LogP) is 4.39. The van der Waals surface area contributed by atoms with Gasteiger partial charge in [-0.15, -0.1) is 11.3 Å². The lowest BCUT2D eigenvalue weighted by Gasteiger charge is -2.06. The zero-order valence-corrected chi connectivity index (χ0v) is 15.3. The second-order valence-electron chi connectivity index (χ2n) is 5.78. The summed E-state index contributed by atoms with van der Waals surface area (Å²) in [7, 11) is 0. The SMILES string of the molecule is Cc1nc2sc(C(=O)NCc3ccc(Cl)cc3)c(N)c2c(C)c1C. The Morgan fingerprint density at radius 3 is 2.54 bits per heavy atom. The molecule has 3 aromatic rings. The van der Waals surface area contributed by atoms with Crippen LogP contribution in [0.15, 0.2) is 24.3 Å². The summed E-state index contributed by atoms with van der Waals surface area (Å²) in [5.41, 5.74) is 10.9. The molecule has 0 radical (unpaired) electrons. The van der Waals surface area contributed by atoms with Crippen LogP contribution >= 0.6 is 22.9 Å². The average molecular weight is 360 g/mol. The van der Waals surface area contributed by atoms with Crippen LogP contribution in [0, 0.1) is 20.8 Å². The van der Waals surface area contributed by atoms with Gasteiger partial charge in [0.25, 0.3) is 5.91 Å². The fourth-order valence-corrected chi connectivity index (χ4v) is 3.85. The van der Waals surface area contributed by atoms with Crippen LogP contribution in [0.3, 0.4) is 0 Å². The van der Waals surface area contributed by atoms with E-state index in [1.54, 1.807) is 12.1 Å². The molecule has 1 aromatic carbocycles. The molecule has 0 saturated heterocycles. The Labute approximate surface area is 149 Å². The molecule has 24 heavy (non-hydrogen) atoms. The molecular formula is C18H18ClN3OS. The van der Waals surface area contributed by atoms with Crippen molar-refractivity contribution in [1.82, 2.24) is 10.3 Å². The number of aromatic nitrogens is 1. The smallest absolute Gasteiger partial charge is 0.263 e. The number of nitrogens with one attached hydrogen (secondary N) is 1. The van der Waals surface area contributed by atoms with Crippen LogP contribution in [0.5, 0.6) is 0 Å². The molecular weight excluding hydrogens is 342 g/mol. The highest BCUT2D eigenvalue weighted by molar-refractivity contribution is 7.21. The van der Waals surface area contributed by atoms with Crippen molar-refractivity contribution in [3.63, 3.8) is 0 Å². The normalized spacial score (nSPS) is 11.0. The number of hydrogen-bond acceptors (Lipinski definition) is 4. The van der Waals surface area contributed by atoms with Crippen molar-refractivity contribution in [2.75, 3.05) is 5.73 Å². The average Bonchev–Trinajstić information content (AvgIpc) is 2.88. The van der Waals surface area contributed by atoms with Crippen molar-refractivity contribution in [3.8, 4) is 0 Å². The fourth-order valence-electron chi connectivity index (χ4n) is 2.60. The number of pyridine rings is 1. The van der Waals surface area contributed by atoms with E-state index in [9.17, 15) is 4.79 Å². The summed E-state index contributed by atoms with van der Waals surface area (Å²) in [6.07, 6.45) is 0. The molecule has 3 N–H and O–H groups in total. The molecule has 0 aliphatic rings. The summed E-state index contributed by atoms with van der Waals surface area (Å²) in [6, 6.07) is 7.37. The van der Waals surface area contributed by atoms with Crippen molar-refractivity contribution < 1.29 is 4.79 Å². The number of benzene rings is 1. The number of amides is 1. The van der Waals surface area contributed by atoms with Gasteiger partial charge < -0.3 is 11.1 Å². The van der Waals surface area contributed by atoms with Crippen LogP contribution in [-0.4, -0.2) is 10.9 Å². The molecule has 6 heteroatoms. The summed E-state index contributed by atoms with van der Waals surface area (Å²) >= 11 is 7.20. The lowest BCUT2D eigenvalue weighted by Crippen LogP contribution is -2.22. The molecule has 0 aliphatic carbocycles. The molecule has 0 spiro atoms. The largest absolute Gasteiger partial charge is 0.397 e. The van der Waals surface area contributed by atoms with Crippen molar-refractivity contribution in [1.29, 1.82) is 0 Å². The summed E-state index contributed by atoms with van der Waals surface area (Å²) in [4.78, 5) is 18.4. The number of nitrogens with zero attached hydrogens (tertiary/aromatic N) is 1. The van der Waals surface area contributed by atoms with Crippen LogP contribution in [-0.2, 0) is 6.54 Å². The third kappa shape index (κ3) is 2.97. The number of rotatable bonds is 3. The zero-order chi connectivity index (χ0) is 17.4. The lowest BCUT2D eigenvalue weighted by molar-refractivity contribution is 0.0956. The van der Waals surface area contributed by atoms with Gasteiger partial charge in [0.05, 0.1) is 5.69 Å². The van der Waals surface area contributed by atoms with E-state index in [-0.39, 0.29) is 5.91 Å². The number of anilines is 1. The van der Waals surface area contributed by atoms with Crippen molar-refractivity contribution >= 4 is 44.7 Å². The molecule has 0 fully saturated rings. The van der Waals surface area contributed by atoms with Gasteiger partial charge in [-0.2, -0.15) is 0 Å². The number of carbonyl (C=O) groups is 1. The first-order valence-electron chi connectivity index (χ1n) is 7.57.